The molecule has 5 heteroatoms. The maximum atomic E-state index is 13.7. The summed E-state index contributed by atoms with van der Waals surface area (Å²) in [6, 6.07) is 2.84. The van der Waals surface area contributed by atoms with E-state index >= 15 is 0 Å². The fourth-order valence-corrected chi connectivity index (χ4v) is 1.32. The molecule has 1 aromatic rings. The molecule has 0 bridgehead atoms. The van der Waals surface area contributed by atoms with E-state index in [-0.39, 0.29) is 11.3 Å². The predicted molar refractivity (Wildman–Crippen MR) is 57.1 cm³/mol. The topological polar surface area (TPSA) is 44.5 Å². The van der Waals surface area contributed by atoms with Crippen molar-refractivity contribution in [1.29, 1.82) is 0 Å². The molecular formula is C11H15F2NO2. The van der Waals surface area contributed by atoms with E-state index in [4.69, 9.17) is 15.2 Å². The summed E-state index contributed by atoms with van der Waals surface area (Å²) in [6.45, 7) is 1.25. The number of rotatable bonds is 4. The molecule has 16 heavy (non-hydrogen) atoms. The molecule has 0 aliphatic rings. The molecule has 2 N–H and O–H groups in total. The molecule has 0 fully saturated rings. The second kappa shape index (κ2) is 4.65. The Hall–Kier alpha value is -1.36. The average Bonchev–Trinajstić information content (AvgIpc) is 2.27. The van der Waals surface area contributed by atoms with Crippen LogP contribution in [0.15, 0.2) is 18.2 Å². The molecule has 0 heterocycles. The Morgan fingerprint density at radius 1 is 1.25 bits per heavy atom. The Morgan fingerprint density at radius 2 is 1.88 bits per heavy atom. The van der Waals surface area contributed by atoms with Gasteiger partial charge in [-0.3, -0.25) is 0 Å². The summed E-state index contributed by atoms with van der Waals surface area (Å²) in [6.07, 6.45) is 0. The fraction of sp³-hybridized carbons (Fsp3) is 0.455. The van der Waals surface area contributed by atoms with Crippen LogP contribution in [0.4, 0.5) is 8.78 Å². The van der Waals surface area contributed by atoms with Gasteiger partial charge in [-0.2, -0.15) is 8.78 Å². The van der Waals surface area contributed by atoms with E-state index in [9.17, 15) is 8.78 Å². The Balaban J connectivity index is 3.23. The Labute approximate surface area is 93.2 Å². The smallest absolute Gasteiger partial charge is 0.291 e. The highest BCUT2D eigenvalue weighted by molar-refractivity contribution is 5.43. The van der Waals surface area contributed by atoms with Crippen molar-refractivity contribution >= 4 is 0 Å². The van der Waals surface area contributed by atoms with Crippen LogP contribution >= 0.6 is 0 Å². The number of hydrogen-bond acceptors (Lipinski definition) is 3. The minimum Gasteiger partial charge on any atom is -0.497 e. The van der Waals surface area contributed by atoms with Gasteiger partial charge in [-0.15, -0.1) is 0 Å². The predicted octanol–water partition coefficient (Wildman–Crippen LogP) is 2.14. The molecule has 0 saturated heterocycles. The number of alkyl halides is 2. The number of methoxy groups -OCH3 is 2. The van der Waals surface area contributed by atoms with Crippen molar-refractivity contribution in [3.05, 3.63) is 23.8 Å². The first-order valence-corrected chi connectivity index (χ1v) is 4.79. The van der Waals surface area contributed by atoms with E-state index in [1.54, 1.807) is 0 Å². The average molecular weight is 231 g/mol. The van der Waals surface area contributed by atoms with Crippen LogP contribution in [0.25, 0.3) is 0 Å². The lowest BCUT2D eigenvalue weighted by Crippen LogP contribution is -2.36. The van der Waals surface area contributed by atoms with Gasteiger partial charge in [0.2, 0.25) is 0 Å². The lowest BCUT2D eigenvalue weighted by atomic mass is 10.0. The molecule has 0 amide bonds. The van der Waals surface area contributed by atoms with Gasteiger partial charge in [0, 0.05) is 6.07 Å². The summed E-state index contributed by atoms with van der Waals surface area (Å²) in [5.41, 5.74) is 5.03. The summed E-state index contributed by atoms with van der Waals surface area (Å²) >= 11 is 0. The summed E-state index contributed by atoms with van der Waals surface area (Å²) < 4.78 is 37.3. The third-order valence-electron chi connectivity index (χ3n) is 2.34. The van der Waals surface area contributed by atoms with Crippen molar-refractivity contribution in [3.8, 4) is 11.5 Å². The van der Waals surface area contributed by atoms with E-state index < -0.39 is 12.0 Å². The second-order valence-corrected chi connectivity index (χ2v) is 3.48. The number of benzene rings is 1. The molecule has 1 atom stereocenters. The summed E-state index contributed by atoms with van der Waals surface area (Å²) in [4.78, 5) is 0. The Kier molecular flexibility index (Phi) is 3.70. The molecule has 0 radical (unpaired) electrons. The lowest BCUT2D eigenvalue weighted by Gasteiger charge is -2.22. The summed E-state index contributed by atoms with van der Waals surface area (Å²) in [5.74, 6) is -2.60. The Morgan fingerprint density at radius 3 is 2.31 bits per heavy atom. The van der Waals surface area contributed by atoms with Crippen LogP contribution in [0.3, 0.4) is 0 Å². The van der Waals surface area contributed by atoms with E-state index in [0.717, 1.165) is 0 Å². The number of nitrogens with two attached hydrogens (primary N) is 1. The maximum Gasteiger partial charge on any atom is 0.291 e. The second-order valence-electron chi connectivity index (χ2n) is 3.48. The highest BCUT2D eigenvalue weighted by atomic mass is 19.3. The van der Waals surface area contributed by atoms with Gasteiger partial charge in [-0.05, 0) is 19.1 Å². The molecule has 3 nitrogen and oxygen atoms in total. The summed E-state index contributed by atoms with van der Waals surface area (Å²) in [7, 11) is 2.79. The number of halogens is 2. The Bertz CT molecular complexity index is 367. The van der Waals surface area contributed by atoms with Gasteiger partial charge in [0.15, 0.2) is 0 Å². The monoisotopic (exact) mass is 231 g/mol. The number of hydrogen-bond donors (Lipinski definition) is 1. The minimum absolute atomic E-state index is 0.0710. The van der Waals surface area contributed by atoms with Crippen LogP contribution in [-0.2, 0) is 5.92 Å². The van der Waals surface area contributed by atoms with E-state index in [1.165, 1.54) is 39.3 Å². The van der Waals surface area contributed by atoms with Crippen molar-refractivity contribution in [3.63, 3.8) is 0 Å². The van der Waals surface area contributed by atoms with Crippen molar-refractivity contribution in [2.45, 2.75) is 18.9 Å². The first-order chi connectivity index (χ1) is 7.43. The van der Waals surface area contributed by atoms with Crippen LogP contribution < -0.4 is 15.2 Å². The van der Waals surface area contributed by atoms with Gasteiger partial charge < -0.3 is 15.2 Å². The van der Waals surface area contributed by atoms with Crippen LogP contribution in [0.2, 0.25) is 0 Å². The summed E-state index contributed by atoms with van der Waals surface area (Å²) in [5, 5.41) is 0. The largest absolute Gasteiger partial charge is 0.497 e. The van der Waals surface area contributed by atoms with E-state index in [0.29, 0.717) is 5.75 Å². The highest BCUT2D eigenvalue weighted by Gasteiger charge is 2.39. The molecule has 0 aliphatic heterocycles. The lowest BCUT2D eigenvalue weighted by molar-refractivity contribution is -0.0276. The third kappa shape index (κ3) is 2.24. The van der Waals surface area contributed by atoms with E-state index in [2.05, 4.69) is 0 Å². The van der Waals surface area contributed by atoms with E-state index in [1.807, 2.05) is 0 Å². The standard InChI is InChI=1S/C11H15F2NO2/c1-7(14)11(12,13)9-5-4-8(15-2)6-10(9)16-3/h4-7H,14H2,1-3H3. The van der Waals surface area contributed by atoms with Gasteiger partial charge in [0.1, 0.15) is 11.5 Å². The zero-order chi connectivity index (χ0) is 12.3. The van der Waals surface area contributed by atoms with Crippen molar-refractivity contribution in [1.82, 2.24) is 0 Å². The van der Waals surface area contributed by atoms with Crippen molar-refractivity contribution < 1.29 is 18.3 Å². The zero-order valence-electron chi connectivity index (χ0n) is 9.46. The van der Waals surface area contributed by atoms with Crippen LogP contribution in [0, 0.1) is 0 Å². The molecular weight excluding hydrogens is 216 g/mol. The molecule has 1 rings (SSSR count). The molecule has 1 aromatic carbocycles. The fourth-order valence-electron chi connectivity index (χ4n) is 1.32. The first kappa shape index (κ1) is 12.7. The molecule has 0 aromatic heterocycles. The maximum absolute atomic E-state index is 13.7. The minimum atomic E-state index is -3.13. The highest BCUT2D eigenvalue weighted by Crippen LogP contribution is 2.38. The van der Waals surface area contributed by atoms with Crippen molar-refractivity contribution in [2.24, 2.45) is 5.73 Å². The molecule has 0 spiro atoms. The quantitative estimate of drug-likeness (QED) is 0.863. The van der Waals surface area contributed by atoms with Crippen molar-refractivity contribution in [2.75, 3.05) is 14.2 Å². The third-order valence-corrected chi connectivity index (χ3v) is 2.34. The van der Waals surface area contributed by atoms with Gasteiger partial charge >= 0.3 is 0 Å². The molecule has 0 saturated carbocycles. The van der Waals surface area contributed by atoms with Gasteiger partial charge in [-0.1, -0.05) is 0 Å². The van der Waals surface area contributed by atoms with Crippen LogP contribution in [0.5, 0.6) is 11.5 Å². The first-order valence-electron chi connectivity index (χ1n) is 4.79. The zero-order valence-corrected chi connectivity index (χ0v) is 9.46. The molecule has 0 aliphatic carbocycles. The van der Waals surface area contributed by atoms with Gasteiger partial charge in [0.25, 0.3) is 5.92 Å². The molecule has 1 unspecified atom stereocenters. The van der Waals surface area contributed by atoms with Crippen LogP contribution in [0.1, 0.15) is 12.5 Å². The SMILES string of the molecule is COc1ccc(C(F)(F)C(C)N)c(OC)c1. The van der Waals surface area contributed by atoms with Crippen LogP contribution in [-0.4, -0.2) is 20.3 Å². The normalized spacial score (nSPS) is 13.4. The van der Waals surface area contributed by atoms with Gasteiger partial charge in [-0.25, -0.2) is 0 Å². The molecule has 90 valence electrons. The van der Waals surface area contributed by atoms with Gasteiger partial charge in [0.05, 0.1) is 25.8 Å². The number of ether oxygens (including phenoxy) is 2.